The van der Waals surface area contributed by atoms with Gasteiger partial charge in [-0.15, -0.1) is 0 Å². The van der Waals surface area contributed by atoms with Crippen molar-refractivity contribution in [1.29, 1.82) is 0 Å². The average molecular weight is 630 g/mol. The van der Waals surface area contributed by atoms with Crippen LogP contribution in [0.5, 0.6) is 5.75 Å². The van der Waals surface area contributed by atoms with Crippen molar-refractivity contribution in [2.24, 2.45) is 0 Å². The molecule has 3 heterocycles. The van der Waals surface area contributed by atoms with Gasteiger partial charge in [0.05, 0.1) is 22.2 Å². The summed E-state index contributed by atoms with van der Waals surface area (Å²) in [4.78, 5) is 7.07. The summed E-state index contributed by atoms with van der Waals surface area (Å²) >= 11 is 0. The Kier molecular flexibility index (Phi) is 7.83. The molecular weight excluding hydrogens is 587 g/mol. The number of rotatable bonds is 4. The SMILES string of the molecule is C=C1/C=C\C=C/Cc2ccccc2N1c1ccc(-c2cc(C(C)(C)C)cc(-n3c4ccccc4c4ncccc43)c2OC(C)(C)C)cc1. The summed E-state index contributed by atoms with van der Waals surface area (Å²) < 4.78 is 9.31. The van der Waals surface area contributed by atoms with Crippen LogP contribution in [0.4, 0.5) is 11.4 Å². The molecule has 0 amide bonds. The highest BCUT2D eigenvalue weighted by Crippen LogP contribution is 2.45. The first kappa shape index (κ1) is 31.3. The number of fused-ring (bicyclic) bond motifs is 4. The van der Waals surface area contributed by atoms with Crippen LogP contribution in [0, 0.1) is 0 Å². The highest BCUT2D eigenvalue weighted by atomic mass is 16.5. The van der Waals surface area contributed by atoms with Gasteiger partial charge in [-0.2, -0.15) is 0 Å². The second kappa shape index (κ2) is 12.0. The minimum absolute atomic E-state index is 0.106. The highest BCUT2D eigenvalue weighted by Gasteiger charge is 2.27. The molecule has 0 bridgehead atoms. The summed E-state index contributed by atoms with van der Waals surface area (Å²) in [5, 5.41) is 1.12. The molecule has 2 aromatic heterocycles. The summed E-state index contributed by atoms with van der Waals surface area (Å²) in [5.41, 5.74) is 11.3. The lowest BCUT2D eigenvalue weighted by Gasteiger charge is -2.30. The zero-order valence-corrected chi connectivity index (χ0v) is 28.8. The van der Waals surface area contributed by atoms with Crippen molar-refractivity contribution in [1.82, 2.24) is 9.55 Å². The lowest BCUT2D eigenvalue weighted by atomic mass is 9.84. The first-order valence-corrected chi connectivity index (χ1v) is 16.7. The smallest absolute Gasteiger partial charge is 0.151 e. The molecule has 7 rings (SSSR count). The van der Waals surface area contributed by atoms with E-state index in [1.807, 2.05) is 12.3 Å². The van der Waals surface area contributed by atoms with Crippen molar-refractivity contribution in [3.05, 3.63) is 151 Å². The quantitative estimate of drug-likeness (QED) is 0.194. The lowest BCUT2D eigenvalue weighted by Crippen LogP contribution is -2.25. The standard InChI is InChI=1S/C44H43N3O/c1-30-16-9-8-10-17-32-18-11-13-20-37(32)46(30)34-25-23-31(24-26-34)36-28-33(43(2,3)4)29-40(42(36)48-44(5,6)7)47-38-21-14-12-19-35(38)41-39(47)22-15-27-45-41/h8-16,18-29H,1,17H2,2-7H3/b10-8-,16-9-. The molecule has 1 aliphatic heterocycles. The largest absolute Gasteiger partial charge is 0.485 e. The van der Waals surface area contributed by atoms with E-state index >= 15 is 0 Å². The molecule has 0 radical (unpaired) electrons. The van der Waals surface area contributed by atoms with Gasteiger partial charge in [0.1, 0.15) is 5.60 Å². The second-order valence-electron chi connectivity index (χ2n) is 14.6. The number of ether oxygens (including phenoxy) is 1. The summed E-state index contributed by atoms with van der Waals surface area (Å²) in [6.45, 7) is 17.6. The molecule has 0 unspecified atom stereocenters. The first-order chi connectivity index (χ1) is 23.0. The molecule has 0 atom stereocenters. The van der Waals surface area contributed by atoms with Crippen molar-refractivity contribution >= 4 is 33.3 Å². The van der Waals surface area contributed by atoms with Crippen LogP contribution in [0.3, 0.4) is 0 Å². The minimum Gasteiger partial charge on any atom is -0.485 e. The number of hydrogen-bond acceptors (Lipinski definition) is 3. The minimum atomic E-state index is -0.436. The normalized spacial score (nSPS) is 15.1. The third kappa shape index (κ3) is 5.84. The van der Waals surface area contributed by atoms with Gasteiger partial charge in [-0.3, -0.25) is 4.98 Å². The van der Waals surface area contributed by atoms with Crippen LogP contribution in [0.25, 0.3) is 38.8 Å². The Morgan fingerprint density at radius 3 is 2.25 bits per heavy atom. The van der Waals surface area contributed by atoms with E-state index in [0.29, 0.717) is 0 Å². The van der Waals surface area contributed by atoms with Gasteiger partial charge in [-0.25, -0.2) is 0 Å². The van der Waals surface area contributed by atoms with Crippen LogP contribution in [-0.4, -0.2) is 15.2 Å². The first-order valence-electron chi connectivity index (χ1n) is 16.7. The van der Waals surface area contributed by atoms with Crippen LogP contribution in [0.1, 0.15) is 52.7 Å². The Balaban J connectivity index is 1.46. The van der Waals surface area contributed by atoms with Gasteiger partial charge in [0.15, 0.2) is 5.75 Å². The number of pyridine rings is 1. The van der Waals surface area contributed by atoms with Gasteiger partial charge in [-0.1, -0.05) is 94.1 Å². The van der Waals surface area contributed by atoms with Crippen molar-refractivity contribution in [3.8, 4) is 22.6 Å². The predicted molar refractivity (Wildman–Crippen MR) is 203 cm³/mol. The summed E-state index contributed by atoms with van der Waals surface area (Å²) in [6.07, 6.45) is 11.2. The molecule has 0 aliphatic carbocycles. The van der Waals surface area contributed by atoms with E-state index < -0.39 is 5.60 Å². The number of allylic oxidation sites excluding steroid dienone is 4. The Bertz CT molecular complexity index is 2170. The average Bonchev–Trinajstić information content (AvgIpc) is 3.42. The number of anilines is 2. The zero-order chi connectivity index (χ0) is 33.6. The fraction of sp³-hybridized carbons (Fsp3) is 0.205. The third-order valence-electron chi connectivity index (χ3n) is 8.84. The molecule has 6 aromatic rings. The Hall–Kier alpha value is -5.35. The summed E-state index contributed by atoms with van der Waals surface area (Å²) in [7, 11) is 0. The van der Waals surface area contributed by atoms with E-state index in [9.17, 15) is 0 Å². The van der Waals surface area contributed by atoms with E-state index in [1.54, 1.807) is 0 Å². The lowest BCUT2D eigenvalue weighted by molar-refractivity contribution is 0.131. The van der Waals surface area contributed by atoms with Gasteiger partial charge in [0, 0.05) is 34.2 Å². The summed E-state index contributed by atoms with van der Waals surface area (Å²) in [5.74, 6) is 0.848. The highest BCUT2D eigenvalue weighted by molar-refractivity contribution is 6.07. The van der Waals surface area contributed by atoms with Crippen molar-refractivity contribution in [2.45, 2.75) is 59.0 Å². The Labute approximate surface area is 284 Å². The topological polar surface area (TPSA) is 30.3 Å². The molecule has 0 spiro atoms. The van der Waals surface area contributed by atoms with E-state index in [0.717, 1.165) is 68.0 Å². The van der Waals surface area contributed by atoms with Gasteiger partial charge >= 0.3 is 0 Å². The second-order valence-corrected chi connectivity index (χ2v) is 14.6. The molecule has 0 fully saturated rings. The third-order valence-corrected chi connectivity index (χ3v) is 8.84. The van der Waals surface area contributed by atoms with Gasteiger partial charge < -0.3 is 14.2 Å². The molecule has 4 nitrogen and oxygen atoms in total. The van der Waals surface area contributed by atoms with Crippen molar-refractivity contribution in [3.63, 3.8) is 0 Å². The molecule has 48 heavy (non-hydrogen) atoms. The van der Waals surface area contributed by atoms with Gasteiger partial charge in [-0.05, 0) is 104 Å². The molecule has 0 N–H and O–H groups in total. The monoisotopic (exact) mass is 629 g/mol. The number of para-hydroxylation sites is 2. The predicted octanol–water partition coefficient (Wildman–Crippen LogP) is 11.6. The summed E-state index contributed by atoms with van der Waals surface area (Å²) in [6, 6.07) is 34.7. The molecule has 4 heteroatoms. The fourth-order valence-electron chi connectivity index (χ4n) is 6.55. The van der Waals surface area contributed by atoms with Crippen LogP contribution in [0.15, 0.2) is 140 Å². The van der Waals surface area contributed by atoms with E-state index in [2.05, 4.69) is 173 Å². The number of benzene rings is 4. The van der Waals surface area contributed by atoms with E-state index in [4.69, 9.17) is 9.72 Å². The molecule has 0 saturated heterocycles. The molecule has 240 valence electrons. The van der Waals surface area contributed by atoms with Gasteiger partial charge in [0.25, 0.3) is 0 Å². The maximum Gasteiger partial charge on any atom is 0.151 e. The van der Waals surface area contributed by atoms with E-state index in [1.165, 1.54) is 11.1 Å². The molecule has 0 saturated carbocycles. The number of hydrogen-bond donors (Lipinski definition) is 0. The van der Waals surface area contributed by atoms with Crippen LogP contribution in [0.2, 0.25) is 0 Å². The van der Waals surface area contributed by atoms with Crippen molar-refractivity contribution in [2.75, 3.05) is 4.90 Å². The van der Waals surface area contributed by atoms with Crippen molar-refractivity contribution < 1.29 is 4.74 Å². The maximum atomic E-state index is 6.98. The Morgan fingerprint density at radius 2 is 1.48 bits per heavy atom. The number of aromatic nitrogens is 2. The molecule has 4 aromatic carbocycles. The molecular formula is C44H43N3O. The maximum absolute atomic E-state index is 6.98. The van der Waals surface area contributed by atoms with Crippen LogP contribution in [-0.2, 0) is 11.8 Å². The van der Waals surface area contributed by atoms with Crippen LogP contribution < -0.4 is 9.64 Å². The van der Waals surface area contributed by atoms with Crippen LogP contribution >= 0.6 is 0 Å². The van der Waals surface area contributed by atoms with Gasteiger partial charge in [0.2, 0.25) is 0 Å². The molecule has 1 aliphatic rings. The van der Waals surface area contributed by atoms with E-state index in [-0.39, 0.29) is 5.41 Å². The number of nitrogens with zero attached hydrogens (tertiary/aromatic N) is 3. The Morgan fingerprint density at radius 1 is 0.750 bits per heavy atom. The fourth-order valence-corrected chi connectivity index (χ4v) is 6.55. The zero-order valence-electron chi connectivity index (χ0n) is 28.8.